The maximum atomic E-state index is 12.8. The third-order valence-corrected chi connectivity index (χ3v) is 11.6. The predicted molar refractivity (Wildman–Crippen MR) is 293 cm³/mol. The summed E-state index contributed by atoms with van der Waals surface area (Å²) in [7, 11) is 0. The number of allylic oxidation sites excluding steroid dienone is 17. The van der Waals surface area contributed by atoms with Crippen LogP contribution in [0.2, 0.25) is 0 Å². The molecule has 0 rings (SSSR count). The van der Waals surface area contributed by atoms with Gasteiger partial charge in [0.1, 0.15) is 13.2 Å². The van der Waals surface area contributed by atoms with Gasteiger partial charge in [-0.25, -0.2) is 0 Å². The second-order valence-electron chi connectivity index (χ2n) is 18.1. The van der Waals surface area contributed by atoms with E-state index in [0.717, 1.165) is 83.5 Å². The van der Waals surface area contributed by atoms with Gasteiger partial charge in [0.2, 0.25) is 0 Å². The largest absolute Gasteiger partial charge is 0.462 e. The predicted octanol–water partition coefficient (Wildman–Crippen LogP) is 18.7. The first-order valence-corrected chi connectivity index (χ1v) is 27.9. The molecule has 0 aliphatic carbocycles. The van der Waals surface area contributed by atoms with E-state index in [0.29, 0.717) is 19.3 Å². The molecule has 0 fully saturated rings. The second kappa shape index (κ2) is 55.7. The normalized spacial score (nSPS) is 12.9. The number of rotatable bonds is 49. The number of carbonyl (C=O) groups excluding carboxylic acids is 3. The Morgan fingerprint density at radius 2 is 0.618 bits per heavy atom. The Balaban J connectivity index is 4.49. The SMILES string of the molecule is CC/C=C\C/C=C\C/C=C\C/C=C\C/C=C\CC(=O)OC(COC(=O)CCCC/C=C\C/C=C\C/C=C\C/C=C\CC)COC(=O)CCCCCCCCCCCCCCCCCCCCCC. The molecule has 0 saturated heterocycles. The first-order chi connectivity index (χ1) is 33.5. The monoisotopic (exact) mass is 943 g/mol. The molecular weight excluding hydrogens is 841 g/mol. The van der Waals surface area contributed by atoms with Crippen molar-refractivity contribution in [2.24, 2.45) is 0 Å². The van der Waals surface area contributed by atoms with Crippen LogP contribution in [-0.2, 0) is 28.6 Å². The Morgan fingerprint density at radius 3 is 0.971 bits per heavy atom. The Hall–Kier alpha value is -3.93. The maximum absolute atomic E-state index is 12.8. The highest BCUT2D eigenvalue weighted by Crippen LogP contribution is 2.16. The molecule has 0 bridgehead atoms. The fraction of sp³-hybridized carbons (Fsp3) is 0.661. The van der Waals surface area contributed by atoms with Crippen LogP contribution in [-0.4, -0.2) is 37.2 Å². The van der Waals surface area contributed by atoms with Gasteiger partial charge in [0.05, 0.1) is 6.42 Å². The van der Waals surface area contributed by atoms with Gasteiger partial charge in [0.15, 0.2) is 6.10 Å². The van der Waals surface area contributed by atoms with Gasteiger partial charge in [-0.2, -0.15) is 0 Å². The van der Waals surface area contributed by atoms with Crippen molar-refractivity contribution in [3.63, 3.8) is 0 Å². The summed E-state index contributed by atoms with van der Waals surface area (Å²) in [4.78, 5) is 38.0. The second-order valence-corrected chi connectivity index (χ2v) is 18.1. The van der Waals surface area contributed by atoms with Crippen molar-refractivity contribution in [2.75, 3.05) is 13.2 Å². The van der Waals surface area contributed by atoms with E-state index >= 15 is 0 Å². The first kappa shape index (κ1) is 64.1. The number of ether oxygens (including phenoxy) is 3. The van der Waals surface area contributed by atoms with Crippen LogP contribution < -0.4 is 0 Å². The fourth-order valence-electron chi connectivity index (χ4n) is 7.45. The quantitative estimate of drug-likeness (QED) is 0.0262. The van der Waals surface area contributed by atoms with Crippen molar-refractivity contribution in [3.8, 4) is 0 Å². The molecule has 1 unspecified atom stereocenters. The van der Waals surface area contributed by atoms with Gasteiger partial charge >= 0.3 is 17.9 Å². The standard InChI is InChI=1S/C62H102O6/c1-4-7-10-13-16-19-22-25-28-29-30-31-32-35-37-40-43-46-49-52-55-61(64)67-58-59(68-62(65)56-53-50-47-44-41-38-34-27-24-21-18-15-12-9-6-3)57-66-60(63)54-51-48-45-42-39-36-33-26-23-20-17-14-11-8-5-2/h8-9,11-12,17-18,20-21,26-27,33-34,39,41-42,44,50,53,59H,4-7,10,13-16,19,22-25,28-32,35-38,40,43,45-49,51-52,54-58H2,1-3H3/b11-8-,12-9-,20-17-,21-18-,33-26-,34-27-,42-39-,44-41-,53-50-. The Labute approximate surface area is 419 Å². The Bertz CT molecular complexity index is 1410. The van der Waals surface area contributed by atoms with E-state index in [2.05, 4.69) is 118 Å². The van der Waals surface area contributed by atoms with Gasteiger partial charge in [-0.1, -0.05) is 252 Å². The van der Waals surface area contributed by atoms with E-state index in [4.69, 9.17) is 14.2 Å². The number of unbranched alkanes of at least 4 members (excludes halogenated alkanes) is 21. The summed E-state index contributed by atoms with van der Waals surface area (Å²) in [5.74, 6) is -1.10. The number of carbonyl (C=O) groups is 3. The summed E-state index contributed by atoms with van der Waals surface area (Å²) in [6, 6.07) is 0. The molecule has 6 nitrogen and oxygen atoms in total. The molecule has 0 amide bonds. The van der Waals surface area contributed by atoms with Crippen molar-refractivity contribution in [3.05, 3.63) is 109 Å². The summed E-state index contributed by atoms with van der Waals surface area (Å²) in [5.41, 5.74) is 0. The molecule has 0 heterocycles. The van der Waals surface area contributed by atoms with Gasteiger partial charge in [0.25, 0.3) is 0 Å². The molecule has 1 atom stereocenters. The summed E-state index contributed by atoms with van der Waals surface area (Å²) < 4.78 is 16.7. The third kappa shape index (κ3) is 53.0. The minimum atomic E-state index is -0.850. The lowest BCUT2D eigenvalue weighted by atomic mass is 10.0. The average Bonchev–Trinajstić information content (AvgIpc) is 3.34. The highest BCUT2D eigenvalue weighted by atomic mass is 16.6. The van der Waals surface area contributed by atoms with E-state index in [-0.39, 0.29) is 38.0 Å². The van der Waals surface area contributed by atoms with Gasteiger partial charge in [-0.05, 0) is 83.5 Å². The van der Waals surface area contributed by atoms with Crippen molar-refractivity contribution in [1.29, 1.82) is 0 Å². The van der Waals surface area contributed by atoms with Gasteiger partial charge in [-0.3, -0.25) is 14.4 Å². The summed E-state index contributed by atoms with van der Waals surface area (Å²) in [5, 5.41) is 0. The van der Waals surface area contributed by atoms with Crippen LogP contribution in [0.25, 0.3) is 0 Å². The smallest absolute Gasteiger partial charge is 0.310 e. The lowest BCUT2D eigenvalue weighted by molar-refractivity contribution is -0.166. The van der Waals surface area contributed by atoms with Crippen LogP contribution in [0.1, 0.15) is 245 Å². The molecule has 0 aliphatic heterocycles. The highest BCUT2D eigenvalue weighted by molar-refractivity contribution is 5.72. The minimum Gasteiger partial charge on any atom is -0.462 e. The van der Waals surface area contributed by atoms with Crippen molar-refractivity contribution < 1.29 is 28.6 Å². The Kier molecular flexibility index (Phi) is 52.4. The molecule has 68 heavy (non-hydrogen) atoms. The van der Waals surface area contributed by atoms with Crippen LogP contribution in [0.15, 0.2) is 109 Å². The molecule has 0 aromatic rings. The molecule has 6 heteroatoms. The molecule has 0 aromatic carbocycles. The molecule has 0 spiro atoms. The van der Waals surface area contributed by atoms with Gasteiger partial charge in [0, 0.05) is 12.8 Å². The number of hydrogen-bond donors (Lipinski definition) is 0. The molecule has 386 valence electrons. The molecular formula is C62H102O6. The minimum absolute atomic E-state index is 0.0859. The van der Waals surface area contributed by atoms with Crippen LogP contribution >= 0.6 is 0 Å². The van der Waals surface area contributed by atoms with Crippen molar-refractivity contribution in [1.82, 2.24) is 0 Å². The van der Waals surface area contributed by atoms with Crippen LogP contribution in [0.3, 0.4) is 0 Å². The van der Waals surface area contributed by atoms with E-state index in [1.54, 1.807) is 6.08 Å². The van der Waals surface area contributed by atoms with E-state index in [1.165, 1.54) is 109 Å². The van der Waals surface area contributed by atoms with Crippen LogP contribution in [0.4, 0.5) is 0 Å². The maximum Gasteiger partial charge on any atom is 0.310 e. The van der Waals surface area contributed by atoms with E-state index in [1.807, 2.05) is 6.08 Å². The zero-order chi connectivity index (χ0) is 49.3. The van der Waals surface area contributed by atoms with Crippen molar-refractivity contribution >= 4 is 17.9 Å². The molecule has 0 saturated carbocycles. The van der Waals surface area contributed by atoms with Crippen LogP contribution in [0.5, 0.6) is 0 Å². The first-order valence-electron chi connectivity index (χ1n) is 27.9. The molecule has 0 radical (unpaired) electrons. The van der Waals surface area contributed by atoms with Gasteiger partial charge < -0.3 is 14.2 Å². The summed E-state index contributed by atoms with van der Waals surface area (Å²) in [6.07, 6.45) is 75.4. The Morgan fingerprint density at radius 1 is 0.324 bits per heavy atom. The highest BCUT2D eigenvalue weighted by Gasteiger charge is 2.19. The average molecular weight is 943 g/mol. The van der Waals surface area contributed by atoms with Gasteiger partial charge in [-0.15, -0.1) is 0 Å². The van der Waals surface area contributed by atoms with E-state index < -0.39 is 12.1 Å². The molecule has 0 N–H and O–H groups in total. The molecule has 0 aliphatic rings. The topological polar surface area (TPSA) is 78.9 Å². The summed E-state index contributed by atoms with van der Waals surface area (Å²) >= 11 is 0. The third-order valence-electron chi connectivity index (χ3n) is 11.6. The fourth-order valence-corrected chi connectivity index (χ4v) is 7.45. The lowest BCUT2D eigenvalue weighted by Gasteiger charge is -2.18. The summed E-state index contributed by atoms with van der Waals surface area (Å²) in [6.45, 7) is 6.30. The van der Waals surface area contributed by atoms with Crippen LogP contribution in [0, 0.1) is 0 Å². The van der Waals surface area contributed by atoms with Crippen molar-refractivity contribution in [2.45, 2.75) is 252 Å². The zero-order valence-corrected chi connectivity index (χ0v) is 44.1. The zero-order valence-electron chi connectivity index (χ0n) is 44.1. The number of hydrogen-bond acceptors (Lipinski definition) is 6. The molecule has 0 aromatic heterocycles. The number of esters is 3. The van der Waals surface area contributed by atoms with E-state index in [9.17, 15) is 14.4 Å². The lowest BCUT2D eigenvalue weighted by Crippen LogP contribution is -2.30.